The van der Waals surface area contributed by atoms with Crippen molar-refractivity contribution in [3.8, 4) is 0 Å². The number of nitrogens with one attached hydrogen (secondary N) is 1. The second-order valence-corrected chi connectivity index (χ2v) is 3.95. The number of hydrogen-bond donors (Lipinski definition) is 2. The Morgan fingerprint density at radius 2 is 2.26 bits per heavy atom. The molecule has 3 N–H and O–H groups in total. The highest BCUT2D eigenvalue weighted by atomic mass is 16.6. The Balaban J connectivity index is 2.10. The molecule has 0 aromatic carbocycles. The monoisotopic (exact) mass is 263 g/mol. The highest BCUT2D eigenvalue weighted by molar-refractivity contribution is 5.53. The average molecular weight is 263 g/mol. The van der Waals surface area contributed by atoms with E-state index in [2.05, 4.69) is 20.4 Å². The zero-order valence-corrected chi connectivity index (χ0v) is 10.5. The predicted molar refractivity (Wildman–Crippen MR) is 68.4 cm³/mol. The van der Waals surface area contributed by atoms with E-state index in [0.29, 0.717) is 6.54 Å². The molecule has 0 radical (unpaired) electrons. The first kappa shape index (κ1) is 12.7. The van der Waals surface area contributed by atoms with Crippen molar-refractivity contribution in [1.29, 1.82) is 0 Å². The van der Waals surface area contributed by atoms with Gasteiger partial charge in [0.2, 0.25) is 11.8 Å². The van der Waals surface area contributed by atoms with Gasteiger partial charge in [0.05, 0.1) is 11.1 Å². The summed E-state index contributed by atoms with van der Waals surface area (Å²) in [7, 11) is 1.85. The minimum absolute atomic E-state index is 0.162. The number of nitrogen functional groups attached to an aromatic ring is 1. The molecule has 0 aliphatic rings. The van der Waals surface area contributed by atoms with E-state index in [1.165, 1.54) is 0 Å². The number of nitrogens with two attached hydrogens (primary N) is 1. The Labute approximate surface area is 108 Å². The van der Waals surface area contributed by atoms with Crippen LogP contribution in [0.1, 0.15) is 11.3 Å². The van der Waals surface area contributed by atoms with Gasteiger partial charge in [0.1, 0.15) is 6.20 Å². The summed E-state index contributed by atoms with van der Waals surface area (Å²) in [4.78, 5) is 17.6. The molecule has 0 aliphatic carbocycles. The average Bonchev–Trinajstić information content (AvgIpc) is 2.67. The van der Waals surface area contributed by atoms with Crippen molar-refractivity contribution in [2.75, 3.05) is 11.1 Å². The Bertz CT molecular complexity index is 622. The molecule has 100 valence electrons. The summed E-state index contributed by atoms with van der Waals surface area (Å²) in [6.45, 7) is 2.41. The van der Waals surface area contributed by atoms with Crippen LogP contribution in [-0.2, 0) is 13.6 Å². The molecule has 0 amide bonds. The molecule has 0 fully saturated rings. The molecule has 9 heteroatoms. The summed E-state index contributed by atoms with van der Waals surface area (Å²) in [5.41, 5.74) is 7.18. The van der Waals surface area contributed by atoms with E-state index < -0.39 is 4.92 Å². The van der Waals surface area contributed by atoms with Gasteiger partial charge < -0.3 is 11.1 Å². The van der Waals surface area contributed by atoms with Crippen molar-refractivity contribution < 1.29 is 4.92 Å². The molecule has 2 aromatic rings. The van der Waals surface area contributed by atoms with E-state index in [1.54, 1.807) is 10.9 Å². The van der Waals surface area contributed by atoms with E-state index >= 15 is 0 Å². The topological polar surface area (TPSA) is 125 Å². The molecule has 0 aliphatic heterocycles. The molecule has 0 spiro atoms. The van der Waals surface area contributed by atoms with Crippen LogP contribution >= 0.6 is 0 Å². The number of aryl methyl sites for hydroxylation is 1. The van der Waals surface area contributed by atoms with E-state index in [0.717, 1.165) is 17.5 Å². The van der Waals surface area contributed by atoms with E-state index in [4.69, 9.17) is 5.73 Å². The second kappa shape index (κ2) is 4.88. The van der Waals surface area contributed by atoms with Crippen molar-refractivity contribution in [2.24, 2.45) is 7.05 Å². The fraction of sp³-hybridized carbons (Fsp3) is 0.300. The molecule has 0 bridgehead atoms. The number of nitrogens with zero attached hydrogens (tertiary/aromatic N) is 5. The molecular weight excluding hydrogens is 250 g/mol. The Hall–Kier alpha value is -2.71. The van der Waals surface area contributed by atoms with Gasteiger partial charge in [-0.1, -0.05) is 0 Å². The molecule has 2 aromatic heterocycles. The van der Waals surface area contributed by atoms with Gasteiger partial charge in [0, 0.05) is 24.8 Å². The minimum Gasteiger partial charge on any atom is -0.378 e. The summed E-state index contributed by atoms with van der Waals surface area (Å²) in [6, 6.07) is 0. The van der Waals surface area contributed by atoms with Crippen molar-refractivity contribution >= 4 is 17.5 Å². The predicted octanol–water partition coefficient (Wildman–Crippen LogP) is 0.621. The van der Waals surface area contributed by atoms with Gasteiger partial charge in [-0.05, 0) is 6.92 Å². The van der Waals surface area contributed by atoms with Gasteiger partial charge >= 0.3 is 5.69 Å². The van der Waals surface area contributed by atoms with Crippen LogP contribution in [0.2, 0.25) is 0 Å². The van der Waals surface area contributed by atoms with Gasteiger partial charge in [0.25, 0.3) is 0 Å². The largest absolute Gasteiger partial charge is 0.378 e. The second-order valence-electron chi connectivity index (χ2n) is 3.95. The lowest BCUT2D eigenvalue weighted by molar-refractivity contribution is -0.384. The van der Waals surface area contributed by atoms with E-state index in [1.807, 2.05) is 14.0 Å². The third-order valence-corrected chi connectivity index (χ3v) is 2.77. The van der Waals surface area contributed by atoms with Crippen LogP contribution < -0.4 is 11.1 Å². The minimum atomic E-state index is -0.621. The molecule has 2 heterocycles. The standard InChI is InChI=1S/C10H13N7O2/c1-6-7(4-14-16(6)2)3-12-10-13-5-8(17(18)19)9(11)15-10/h4-5H,3H2,1-2H3,(H3,11,12,13,15). The summed E-state index contributed by atoms with van der Waals surface area (Å²) in [5, 5.41) is 17.6. The van der Waals surface area contributed by atoms with Crippen molar-refractivity contribution in [1.82, 2.24) is 19.7 Å². The van der Waals surface area contributed by atoms with E-state index in [-0.39, 0.29) is 17.5 Å². The van der Waals surface area contributed by atoms with Crippen LogP contribution in [0.4, 0.5) is 17.5 Å². The smallest absolute Gasteiger partial charge is 0.329 e. The maximum atomic E-state index is 10.6. The lowest BCUT2D eigenvalue weighted by Crippen LogP contribution is -2.07. The molecule has 0 atom stereocenters. The molecule has 0 saturated carbocycles. The highest BCUT2D eigenvalue weighted by Crippen LogP contribution is 2.18. The van der Waals surface area contributed by atoms with Crippen molar-refractivity contribution in [3.05, 3.63) is 33.8 Å². The Morgan fingerprint density at radius 3 is 2.79 bits per heavy atom. The zero-order valence-electron chi connectivity index (χ0n) is 10.5. The molecule has 0 unspecified atom stereocenters. The summed E-state index contributed by atoms with van der Waals surface area (Å²) in [6.07, 6.45) is 2.82. The normalized spacial score (nSPS) is 10.4. The van der Waals surface area contributed by atoms with E-state index in [9.17, 15) is 10.1 Å². The van der Waals surface area contributed by atoms with Gasteiger partial charge in [-0.2, -0.15) is 10.1 Å². The van der Waals surface area contributed by atoms with Gasteiger partial charge in [-0.25, -0.2) is 4.98 Å². The first-order valence-corrected chi connectivity index (χ1v) is 5.47. The SMILES string of the molecule is Cc1c(CNc2ncc([N+](=O)[O-])c(N)n2)cnn1C. The van der Waals surface area contributed by atoms with Crippen LogP contribution in [0.5, 0.6) is 0 Å². The van der Waals surface area contributed by atoms with Crippen LogP contribution in [0, 0.1) is 17.0 Å². The Kier molecular flexibility index (Phi) is 3.27. The lowest BCUT2D eigenvalue weighted by atomic mass is 10.2. The fourth-order valence-electron chi connectivity index (χ4n) is 1.51. The molecule has 9 nitrogen and oxygen atoms in total. The molecule has 0 saturated heterocycles. The maximum absolute atomic E-state index is 10.6. The third-order valence-electron chi connectivity index (χ3n) is 2.77. The van der Waals surface area contributed by atoms with Crippen molar-refractivity contribution in [3.63, 3.8) is 0 Å². The highest BCUT2D eigenvalue weighted by Gasteiger charge is 2.14. The third kappa shape index (κ3) is 2.59. The van der Waals surface area contributed by atoms with Crippen LogP contribution in [0.25, 0.3) is 0 Å². The van der Waals surface area contributed by atoms with Crippen LogP contribution in [0.3, 0.4) is 0 Å². The number of nitro groups is 1. The number of hydrogen-bond acceptors (Lipinski definition) is 7. The number of aromatic nitrogens is 4. The summed E-state index contributed by atoms with van der Waals surface area (Å²) < 4.78 is 1.75. The maximum Gasteiger partial charge on any atom is 0.329 e. The Morgan fingerprint density at radius 1 is 1.53 bits per heavy atom. The number of anilines is 2. The summed E-state index contributed by atoms with van der Waals surface area (Å²) >= 11 is 0. The van der Waals surface area contributed by atoms with Gasteiger partial charge in [-0.15, -0.1) is 0 Å². The van der Waals surface area contributed by atoms with Crippen LogP contribution in [0.15, 0.2) is 12.4 Å². The first-order valence-electron chi connectivity index (χ1n) is 5.47. The van der Waals surface area contributed by atoms with Crippen LogP contribution in [-0.4, -0.2) is 24.7 Å². The fourth-order valence-corrected chi connectivity index (χ4v) is 1.51. The van der Waals surface area contributed by atoms with Gasteiger partial charge in [-0.3, -0.25) is 14.8 Å². The lowest BCUT2D eigenvalue weighted by Gasteiger charge is -2.05. The summed E-state index contributed by atoms with van der Waals surface area (Å²) in [5.74, 6) is 0.0803. The molecular formula is C10H13N7O2. The van der Waals surface area contributed by atoms with Gasteiger partial charge in [0.15, 0.2) is 0 Å². The molecule has 19 heavy (non-hydrogen) atoms. The quantitative estimate of drug-likeness (QED) is 0.611. The molecule has 2 rings (SSSR count). The first-order chi connectivity index (χ1) is 8.99. The zero-order chi connectivity index (χ0) is 14.0. The van der Waals surface area contributed by atoms with Crippen molar-refractivity contribution in [2.45, 2.75) is 13.5 Å². The number of rotatable bonds is 4.